The van der Waals surface area contributed by atoms with E-state index in [1.54, 1.807) is 0 Å². The van der Waals surface area contributed by atoms with Crippen molar-refractivity contribution in [2.24, 2.45) is 11.8 Å². The van der Waals surface area contributed by atoms with Crippen LogP contribution >= 0.6 is 0 Å². The lowest BCUT2D eigenvalue weighted by Crippen LogP contribution is -2.65. The fourth-order valence-corrected chi connectivity index (χ4v) is 5.04. The molecule has 4 rings (SSSR count). The van der Waals surface area contributed by atoms with Gasteiger partial charge in [-0.05, 0) is 51.0 Å². The monoisotopic (exact) mass is 248 g/mol. The van der Waals surface area contributed by atoms with E-state index in [1.807, 2.05) is 0 Å². The van der Waals surface area contributed by atoms with Gasteiger partial charge in [-0.3, -0.25) is 9.69 Å². The number of carbonyl (C=O) groups is 1. The molecule has 100 valence electrons. The van der Waals surface area contributed by atoms with Gasteiger partial charge in [-0.1, -0.05) is 6.42 Å². The Labute approximate surface area is 110 Å². The maximum atomic E-state index is 12.7. The number of fused-ring (bicyclic) bond motifs is 6. The third kappa shape index (κ3) is 1.56. The molecule has 0 aliphatic carbocycles. The van der Waals surface area contributed by atoms with Crippen LogP contribution in [-0.4, -0.2) is 47.4 Å². The maximum absolute atomic E-state index is 12.7. The summed E-state index contributed by atoms with van der Waals surface area (Å²) in [5, 5.41) is 0. The predicted molar refractivity (Wildman–Crippen MR) is 70.2 cm³/mol. The van der Waals surface area contributed by atoms with Gasteiger partial charge >= 0.3 is 0 Å². The number of hydrogen-bond donors (Lipinski definition) is 0. The zero-order chi connectivity index (χ0) is 12.1. The van der Waals surface area contributed by atoms with Gasteiger partial charge < -0.3 is 4.90 Å². The van der Waals surface area contributed by atoms with Crippen molar-refractivity contribution < 1.29 is 4.79 Å². The molecule has 4 aliphatic rings. The molecule has 4 heterocycles. The molecule has 0 saturated carbocycles. The Morgan fingerprint density at radius 2 is 1.72 bits per heavy atom. The molecule has 4 saturated heterocycles. The fraction of sp³-hybridized carbons (Fsp3) is 0.933. The van der Waals surface area contributed by atoms with Crippen LogP contribution in [0.4, 0.5) is 0 Å². The summed E-state index contributed by atoms with van der Waals surface area (Å²) in [7, 11) is 0. The minimum absolute atomic E-state index is 0.346. The van der Waals surface area contributed by atoms with Crippen LogP contribution in [0.1, 0.15) is 44.9 Å². The molecule has 0 N–H and O–H groups in total. The summed E-state index contributed by atoms with van der Waals surface area (Å²) in [6.45, 7) is 3.57. The second kappa shape index (κ2) is 4.22. The zero-order valence-electron chi connectivity index (χ0n) is 11.2. The van der Waals surface area contributed by atoms with Crippen LogP contribution in [0.15, 0.2) is 0 Å². The Bertz CT molecular complexity index is 354. The average Bonchev–Trinajstić information content (AvgIpc) is 2.44. The fourth-order valence-electron chi connectivity index (χ4n) is 5.04. The minimum Gasteiger partial charge on any atom is -0.339 e. The van der Waals surface area contributed by atoms with Gasteiger partial charge in [0, 0.05) is 25.2 Å². The third-order valence-electron chi connectivity index (χ3n) is 5.85. The van der Waals surface area contributed by atoms with Crippen molar-refractivity contribution in [1.82, 2.24) is 9.80 Å². The molecule has 4 aliphatic heterocycles. The highest BCUT2D eigenvalue weighted by molar-refractivity contribution is 5.81. The zero-order valence-corrected chi connectivity index (χ0v) is 11.2. The molecule has 2 bridgehead atoms. The molecule has 4 atom stereocenters. The molecule has 0 radical (unpaired) electrons. The largest absolute Gasteiger partial charge is 0.339 e. The highest BCUT2D eigenvalue weighted by atomic mass is 16.2. The third-order valence-corrected chi connectivity index (χ3v) is 5.85. The number of nitrogens with zero attached hydrogens (tertiary/aromatic N) is 2. The summed E-state index contributed by atoms with van der Waals surface area (Å²) >= 11 is 0. The van der Waals surface area contributed by atoms with E-state index < -0.39 is 0 Å². The first-order valence-electron chi connectivity index (χ1n) is 7.89. The molecule has 4 fully saturated rings. The van der Waals surface area contributed by atoms with E-state index in [4.69, 9.17) is 0 Å². The van der Waals surface area contributed by atoms with Crippen LogP contribution in [0.25, 0.3) is 0 Å². The van der Waals surface area contributed by atoms with Crippen LogP contribution in [0.3, 0.4) is 0 Å². The predicted octanol–water partition coefficient (Wildman–Crippen LogP) is 1.87. The van der Waals surface area contributed by atoms with Crippen LogP contribution in [0.2, 0.25) is 0 Å². The molecule has 1 amide bonds. The second-order valence-corrected chi connectivity index (χ2v) is 6.76. The molecule has 18 heavy (non-hydrogen) atoms. The van der Waals surface area contributed by atoms with Crippen molar-refractivity contribution in [2.75, 3.05) is 19.6 Å². The second-order valence-electron chi connectivity index (χ2n) is 6.76. The molecule has 0 aromatic carbocycles. The van der Waals surface area contributed by atoms with E-state index in [0.717, 1.165) is 12.5 Å². The number of amides is 1. The standard InChI is InChI=1S/C15H24N2O/c18-15-12-9-11(13-5-2-4-8-17(13)15)10-16-7-3-1-6-14(12)16/h11-14H,1-10H2/t11-,12+,13+,14+/m1/s1. The van der Waals surface area contributed by atoms with E-state index >= 15 is 0 Å². The Hall–Kier alpha value is -0.570. The van der Waals surface area contributed by atoms with Crippen molar-refractivity contribution in [1.29, 1.82) is 0 Å². The lowest BCUT2D eigenvalue weighted by atomic mass is 9.70. The van der Waals surface area contributed by atoms with Gasteiger partial charge in [0.05, 0.1) is 5.92 Å². The molecule has 0 aromatic rings. The summed E-state index contributed by atoms with van der Waals surface area (Å²) in [4.78, 5) is 17.7. The number of rotatable bonds is 0. The summed E-state index contributed by atoms with van der Waals surface area (Å²) in [6.07, 6.45) is 8.97. The van der Waals surface area contributed by atoms with Crippen molar-refractivity contribution in [3.8, 4) is 0 Å². The number of hydrogen-bond acceptors (Lipinski definition) is 2. The van der Waals surface area contributed by atoms with E-state index in [1.165, 1.54) is 58.0 Å². The van der Waals surface area contributed by atoms with Gasteiger partial charge in [-0.2, -0.15) is 0 Å². The Morgan fingerprint density at radius 3 is 2.61 bits per heavy atom. The van der Waals surface area contributed by atoms with Crippen LogP contribution in [-0.2, 0) is 4.79 Å². The van der Waals surface area contributed by atoms with Gasteiger partial charge in [-0.15, -0.1) is 0 Å². The van der Waals surface area contributed by atoms with Gasteiger partial charge in [0.1, 0.15) is 0 Å². The first-order valence-corrected chi connectivity index (χ1v) is 7.89. The lowest BCUT2D eigenvalue weighted by molar-refractivity contribution is -0.158. The van der Waals surface area contributed by atoms with E-state index in [-0.39, 0.29) is 0 Å². The minimum atomic E-state index is 0.346. The first-order chi connectivity index (χ1) is 8.84. The van der Waals surface area contributed by atoms with Crippen LogP contribution in [0.5, 0.6) is 0 Å². The SMILES string of the molecule is O=C1[C@H]2C[C@H](CN3CCCC[C@@H]23)[C@@H]2CCCCN12. The summed E-state index contributed by atoms with van der Waals surface area (Å²) in [5.41, 5.74) is 0. The normalized spacial score (nSPS) is 44.4. The molecular formula is C15H24N2O. The van der Waals surface area contributed by atoms with E-state index in [0.29, 0.717) is 23.9 Å². The molecule has 0 spiro atoms. The molecule has 0 unspecified atom stereocenters. The number of carbonyl (C=O) groups excluding carboxylic acids is 1. The highest BCUT2D eigenvalue weighted by Crippen LogP contribution is 2.43. The van der Waals surface area contributed by atoms with Crippen LogP contribution < -0.4 is 0 Å². The molecule has 0 aromatic heterocycles. The molecule has 3 heteroatoms. The molecular weight excluding hydrogens is 224 g/mol. The summed E-state index contributed by atoms with van der Waals surface area (Å²) in [5.74, 6) is 1.63. The van der Waals surface area contributed by atoms with E-state index in [9.17, 15) is 4.79 Å². The lowest BCUT2D eigenvalue weighted by Gasteiger charge is -2.56. The quantitative estimate of drug-likeness (QED) is 0.653. The van der Waals surface area contributed by atoms with Crippen molar-refractivity contribution in [3.63, 3.8) is 0 Å². The molecule has 3 nitrogen and oxygen atoms in total. The Balaban J connectivity index is 1.63. The topological polar surface area (TPSA) is 23.6 Å². The Morgan fingerprint density at radius 1 is 0.944 bits per heavy atom. The first kappa shape index (κ1) is 11.3. The van der Waals surface area contributed by atoms with E-state index in [2.05, 4.69) is 9.80 Å². The smallest absolute Gasteiger partial charge is 0.227 e. The number of piperidine rings is 4. The maximum Gasteiger partial charge on any atom is 0.227 e. The Kier molecular flexibility index (Phi) is 2.65. The van der Waals surface area contributed by atoms with Crippen molar-refractivity contribution in [2.45, 2.75) is 57.0 Å². The highest BCUT2D eigenvalue weighted by Gasteiger charge is 2.50. The van der Waals surface area contributed by atoms with Crippen LogP contribution in [0, 0.1) is 11.8 Å². The van der Waals surface area contributed by atoms with Gasteiger partial charge in [0.25, 0.3) is 0 Å². The van der Waals surface area contributed by atoms with Gasteiger partial charge in [0.15, 0.2) is 0 Å². The average molecular weight is 248 g/mol. The van der Waals surface area contributed by atoms with Crippen molar-refractivity contribution >= 4 is 5.91 Å². The van der Waals surface area contributed by atoms with Gasteiger partial charge in [0.2, 0.25) is 5.91 Å². The van der Waals surface area contributed by atoms with Gasteiger partial charge in [-0.25, -0.2) is 0 Å². The van der Waals surface area contributed by atoms with Crippen molar-refractivity contribution in [3.05, 3.63) is 0 Å². The summed E-state index contributed by atoms with van der Waals surface area (Å²) < 4.78 is 0. The summed E-state index contributed by atoms with van der Waals surface area (Å²) in [6, 6.07) is 1.18.